The van der Waals surface area contributed by atoms with Gasteiger partial charge in [-0.2, -0.15) is 0 Å². The summed E-state index contributed by atoms with van der Waals surface area (Å²) >= 11 is 2.13. The number of benzene rings is 2. The third kappa shape index (κ3) is 4.78. The minimum atomic E-state index is -0.850. The van der Waals surface area contributed by atoms with Gasteiger partial charge in [0.1, 0.15) is 11.8 Å². The molecule has 2 aromatic carbocycles. The van der Waals surface area contributed by atoms with Gasteiger partial charge in [-0.25, -0.2) is 4.90 Å². The van der Waals surface area contributed by atoms with Gasteiger partial charge in [-0.15, -0.1) is 0 Å². The fraction of sp³-hybridized carbons (Fsp3) is 0.357. The van der Waals surface area contributed by atoms with Crippen LogP contribution >= 0.6 is 23.1 Å². The molecule has 3 amide bonds. The van der Waals surface area contributed by atoms with E-state index >= 15 is 0 Å². The monoisotopic (exact) mass is 609 g/mol. The number of fused-ring (bicyclic) bond motifs is 2. The van der Waals surface area contributed by atoms with Gasteiger partial charge in [-0.1, -0.05) is 35.2 Å². The quantitative estimate of drug-likeness (QED) is 0.235. The van der Waals surface area contributed by atoms with Crippen LogP contribution in [0, 0.1) is 16.0 Å². The normalized spacial score (nSPS) is 21.7. The van der Waals surface area contributed by atoms with E-state index in [1.807, 2.05) is 43.3 Å². The van der Waals surface area contributed by atoms with Gasteiger partial charge in [0, 0.05) is 55.8 Å². The number of nitro groups is 1. The van der Waals surface area contributed by atoms with E-state index in [1.54, 1.807) is 4.90 Å². The molecule has 3 aliphatic heterocycles. The first-order valence-electron chi connectivity index (χ1n) is 13.3. The largest absolute Gasteiger partial charge is 0.378 e. The Bertz CT molecular complexity index is 1630. The Hall–Kier alpha value is -4.01. The van der Waals surface area contributed by atoms with Crippen molar-refractivity contribution >= 4 is 57.9 Å². The smallest absolute Gasteiger partial charge is 0.308 e. The Kier molecular flexibility index (Phi) is 7.37. The summed E-state index contributed by atoms with van der Waals surface area (Å²) in [5, 5.41) is 10.8. The lowest BCUT2D eigenvalue weighted by molar-refractivity contribution is -0.384. The number of non-ortho nitro benzene ring substituents is 1. The number of aromatic nitrogens is 1. The number of thiazole rings is 1. The molecule has 218 valence electrons. The molecule has 0 aliphatic carbocycles. The number of rotatable bonds is 6. The van der Waals surface area contributed by atoms with Crippen LogP contribution < -0.4 is 14.7 Å². The van der Waals surface area contributed by atoms with Gasteiger partial charge in [-0.05, 0) is 29.8 Å². The fourth-order valence-electron chi connectivity index (χ4n) is 5.62. The predicted octanol–water partition coefficient (Wildman–Crippen LogP) is 2.54. The lowest BCUT2D eigenvalue weighted by Crippen LogP contribution is -2.43. The average Bonchev–Trinajstić information content (AvgIpc) is 3.43. The summed E-state index contributed by atoms with van der Waals surface area (Å²) in [5.74, 6) is -2.52. The highest BCUT2D eigenvalue weighted by atomic mass is 32.2. The van der Waals surface area contributed by atoms with Gasteiger partial charge in [0.2, 0.25) is 17.7 Å². The summed E-state index contributed by atoms with van der Waals surface area (Å²) in [6, 6.07) is 12.9. The second-order valence-electron chi connectivity index (χ2n) is 10.4. The standard InChI is InChI=1S/C28H27N5O7S2/c1-29(2)17-5-3-16(4-6-17)21-22-23(26(36)32(25(22)35)18-7-9-19(10-8-18)33(38)39)41-27-24(21)42-28(37)31(27)15-20(34)30-11-13-40-14-12-30/h3-10,21-23H,11-15H2,1-2H3/t21-,22?,23?/m1/s1. The Morgan fingerprint density at radius 3 is 2.31 bits per heavy atom. The van der Waals surface area contributed by atoms with E-state index in [0.717, 1.165) is 39.2 Å². The zero-order chi connectivity index (χ0) is 29.7. The minimum absolute atomic E-state index is 0.153. The molecule has 3 aliphatic rings. The molecule has 0 bridgehead atoms. The number of hydrogen-bond donors (Lipinski definition) is 0. The second-order valence-corrected chi connectivity index (χ2v) is 12.6. The van der Waals surface area contributed by atoms with Crippen LogP contribution in [0.1, 0.15) is 16.4 Å². The highest BCUT2D eigenvalue weighted by Crippen LogP contribution is 2.54. The summed E-state index contributed by atoms with van der Waals surface area (Å²) in [6.07, 6.45) is 0. The Morgan fingerprint density at radius 2 is 1.69 bits per heavy atom. The molecule has 3 atom stereocenters. The van der Waals surface area contributed by atoms with Crippen molar-refractivity contribution in [2.24, 2.45) is 5.92 Å². The molecule has 0 spiro atoms. The van der Waals surface area contributed by atoms with Gasteiger partial charge in [-0.3, -0.25) is 33.9 Å². The van der Waals surface area contributed by atoms with E-state index in [9.17, 15) is 29.3 Å². The number of morpholine rings is 1. The van der Waals surface area contributed by atoms with E-state index in [4.69, 9.17) is 4.74 Å². The molecule has 12 nitrogen and oxygen atoms in total. The van der Waals surface area contributed by atoms with E-state index < -0.39 is 33.8 Å². The molecular weight excluding hydrogens is 582 g/mol. The number of anilines is 2. The molecule has 3 aromatic rings. The van der Waals surface area contributed by atoms with Crippen LogP contribution in [0.3, 0.4) is 0 Å². The predicted molar refractivity (Wildman–Crippen MR) is 157 cm³/mol. The molecule has 14 heteroatoms. The first kappa shape index (κ1) is 28.1. The van der Waals surface area contributed by atoms with Crippen LogP contribution in [0.15, 0.2) is 58.4 Å². The van der Waals surface area contributed by atoms with Crippen LogP contribution in [-0.4, -0.2) is 77.8 Å². The lowest BCUT2D eigenvalue weighted by Gasteiger charge is -2.31. The zero-order valence-corrected chi connectivity index (χ0v) is 24.4. The van der Waals surface area contributed by atoms with Crippen LogP contribution in [-0.2, 0) is 25.7 Å². The van der Waals surface area contributed by atoms with Crippen LogP contribution in [0.25, 0.3) is 0 Å². The molecular formula is C28H27N5O7S2. The number of imide groups is 1. The van der Waals surface area contributed by atoms with Crippen molar-refractivity contribution in [3.63, 3.8) is 0 Å². The number of amides is 3. The minimum Gasteiger partial charge on any atom is -0.378 e. The lowest BCUT2D eigenvalue weighted by atomic mass is 9.83. The Morgan fingerprint density at radius 1 is 1.02 bits per heavy atom. The number of ether oxygens (including phenoxy) is 1. The van der Waals surface area contributed by atoms with E-state index in [1.165, 1.54) is 28.8 Å². The SMILES string of the molecule is CN(C)c1ccc([C@H]2c3sc(=O)n(CC(=O)N4CCOCC4)c3SC3C(=O)N(c4ccc([N+](=O)[O-])cc4)C(=O)C32)cc1. The van der Waals surface area contributed by atoms with Crippen molar-refractivity contribution in [3.8, 4) is 0 Å². The van der Waals surface area contributed by atoms with Crippen molar-refractivity contribution in [3.05, 3.63) is 78.8 Å². The van der Waals surface area contributed by atoms with Gasteiger partial charge >= 0.3 is 4.87 Å². The van der Waals surface area contributed by atoms with Gasteiger partial charge in [0.15, 0.2) is 0 Å². The molecule has 4 heterocycles. The maximum atomic E-state index is 14.0. The number of carbonyl (C=O) groups is 3. The third-order valence-electron chi connectivity index (χ3n) is 7.79. The van der Waals surface area contributed by atoms with Crippen molar-refractivity contribution in [2.75, 3.05) is 50.2 Å². The van der Waals surface area contributed by atoms with Crippen LogP contribution in [0.4, 0.5) is 17.1 Å². The summed E-state index contributed by atoms with van der Waals surface area (Å²) in [7, 11) is 3.83. The van der Waals surface area contributed by atoms with Crippen LogP contribution in [0.5, 0.6) is 0 Å². The topological polar surface area (TPSA) is 135 Å². The fourth-order valence-corrected chi connectivity index (χ4v) is 8.39. The number of thioether (sulfide) groups is 1. The van der Waals surface area contributed by atoms with E-state index in [0.29, 0.717) is 36.2 Å². The second kappa shape index (κ2) is 11.0. The van der Waals surface area contributed by atoms with E-state index in [-0.39, 0.29) is 28.7 Å². The first-order chi connectivity index (χ1) is 20.2. The van der Waals surface area contributed by atoms with Crippen molar-refractivity contribution < 1.29 is 24.0 Å². The molecule has 0 N–H and O–H groups in total. The molecule has 2 unspecified atom stereocenters. The molecule has 6 rings (SSSR count). The summed E-state index contributed by atoms with van der Waals surface area (Å²) < 4.78 is 6.77. The number of hydrogen-bond acceptors (Lipinski definition) is 10. The summed E-state index contributed by atoms with van der Waals surface area (Å²) in [6.45, 7) is 1.57. The molecule has 1 aromatic heterocycles. The van der Waals surface area contributed by atoms with Crippen LogP contribution in [0.2, 0.25) is 0 Å². The maximum absolute atomic E-state index is 14.0. The number of nitro benzene ring substituents is 1. The maximum Gasteiger partial charge on any atom is 0.308 e. The molecule has 42 heavy (non-hydrogen) atoms. The average molecular weight is 610 g/mol. The van der Waals surface area contributed by atoms with Crippen molar-refractivity contribution in [2.45, 2.75) is 22.7 Å². The van der Waals surface area contributed by atoms with Crippen molar-refractivity contribution in [1.82, 2.24) is 9.47 Å². The molecule has 2 fully saturated rings. The summed E-state index contributed by atoms with van der Waals surface area (Å²) in [4.78, 5) is 70.0. The van der Waals surface area contributed by atoms with E-state index in [2.05, 4.69) is 0 Å². The van der Waals surface area contributed by atoms with Gasteiger partial charge in [0.05, 0.1) is 34.8 Å². The van der Waals surface area contributed by atoms with Gasteiger partial charge < -0.3 is 14.5 Å². The zero-order valence-electron chi connectivity index (χ0n) is 22.8. The highest BCUT2D eigenvalue weighted by Gasteiger charge is 2.57. The Labute approximate surface area is 248 Å². The molecule has 2 saturated heterocycles. The first-order valence-corrected chi connectivity index (χ1v) is 15.0. The molecule has 0 radical (unpaired) electrons. The number of nitrogens with zero attached hydrogens (tertiary/aromatic N) is 5. The third-order valence-corrected chi connectivity index (χ3v) is 10.4. The van der Waals surface area contributed by atoms with Gasteiger partial charge in [0.25, 0.3) is 5.69 Å². The highest BCUT2D eigenvalue weighted by molar-refractivity contribution is 8.00. The van der Waals surface area contributed by atoms with Crippen molar-refractivity contribution in [1.29, 1.82) is 0 Å². The summed E-state index contributed by atoms with van der Waals surface area (Å²) in [5.41, 5.74) is 1.82. The number of carbonyl (C=O) groups excluding carboxylic acids is 3. The molecule has 0 saturated carbocycles. The Balaban J connectivity index is 1.42.